The lowest BCUT2D eigenvalue weighted by atomic mass is 9.93. The molecule has 0 saturated carbocycles. The van der Waals surface area contributed by atoms with Gasteiger partial charge < -0.3 is 0 Å². The predicted molar refractivity (Wildman–Crippen MR) is 59.1 cm³/mol. The number of ketones is 1. The number of Topliss-reactive ketones (excluding diaryl/α,β-unsaturated/α-hetero) is 1. The van der Waals surface area contributed by atoms with Crippen LogP contribution < -0.4 is 0 Å². The molecule has 74 valence electrons. The Kier molecular flexibility index (Phi) is 4.11. The van der Waals surface area contributed by atoms with Crippen LogP contribution in [0.25, 0.3) is 0 Å². The molecule has 0 spiro atoms. The maximum atomic E-state index is 11.3. The van der Waals surface area contributed by atoms with E-state index in [0.29, 0.717) is 0 Å². The normalized spacial score (nSPS) is 12.1. The van der Waals surface area contributed by atoms with Crippen molar-refractivity contribution in [3.63, 3.8) is 0 Å². The lowest BCUT2D eigenvalue weighted by Crippen LogP contribution is -2.12. The molecule has 0 aliphatic rings. The van der Waals surface area contributed by atoms with Crippen LogP contribution in [0.1, 0.15) is 18.9 Å². The minimum Gasteiger partial charge on any atom is -0.300 e. The first kappa shape index (κ1) is 10.7. The molecule has 0 heterocycles. The standard InChI is InChI=1S/C13H16O/c1-3-7-13(11(2)14)10-12-8-5-4-6-9-12/h3-6,8-9,13H,1,7,10H2,2H3/t13-/m1/s1. The number of hydrogen-bond donors (Lipinski definition) is 0. The van der Waals surface area contributed by atoms with E-state index >= 15 is 0 Å². The first-order valence-electron chi connectivity index (χ1n) is 4.89. The highest BCUT2D eigenvalue weighted by atomic mass is 16.1. The maximum Gasteiger partial charge on any atom is 0.133 e. The van der Waals surface area contributed by atoms with Crippen molar-refractivity contribution < 1.29 is 4.79 Å². The van der Waals surface area contributed by atoms with Crippen molar-refractivity contribution >= 4 is 5.78 Å². The molecule has 0 N–H and O–H groups in total. The van der Waals surface area contributed by atoms with Gasteiger partial charge in [0.15, 0.2) is 0 Å². The van der Waals surface area contributed by atoms with Gasteiger partial charge in [0.25, 0.3) is 0 Å². The van der Waals surface area contributed by atoms with Gasteiger partial charge in [0.2, 0.25) is 0 Å². The van der Waals surface area contributed by atoms with E-state index in [2.05, 4.69) is 18.7 Å². The zero-order valence-electron chi connectivity index (χ0n) is 8.57. The van der Waals surface area contributed by atoms with E-state index in [9.17, 15) is 4.79 Å². The summed E-state index contributed by atoms with van der Waals surface area (Å²) in [7, 11) is 0. The molecular formula is C13H16O. The number of benzene rings is 1. The van der Waals surface area contributed by atoms with Gasteiger partial charge in [-0.15, -0.1) is 6.58 Å². The van der Waals surface area contributed by atoms with E-state index in [1.165, 1.54) is 5.56 Å². The van der Waals surface area contributed by atoms with Crippen LogP contribution in [0.15, 0.2) is 43.0 Å². The summed E-state index contributed by atoms with van der Waals surface area (Å²) in [6, 6.07) is 10.1. The lowest BCUT2D eigenvalue weighted by Gasteiger charge is -2.10. The summed E-state index contributed by atoms with van der Waals surface area (Å²) in [6.07, 6.45) is 3.40. The van der Waals surface area contributed by atoms with Gasteiger partial charge in [0.1, 0.15) is 5.78 Å². The van der Waals surface area contributed by atoms with Crippen LogP contribution >= 0.6 is 0 Å². The molecule has 0 saturated heterocycles. The summed E-state index contributed by atoms with van der Waals surface area (Å²) in [6.45, 7) is 5.32. The fourth-order valence-corrected chi connectivity index (χ4v) is 1.49. The number of rotatable bonds is 5. The molecule has 14 heavy (non-hydrogen) atoms. The zero-order valence-corrected chi connectivity index (χ0v) is 8.57. The number of allylic oxidation sites excluding steroid dienone is 1. The fraction of sp³-hybridized carbons (Fsp3) is 0.308. The molecule has 0 amide bonds. The van der Waals surface area contributed by atoms with Gasteiger partial charge in [-0.3, -0.25) is 4.79 Å². The van der Waals surface area contributed by atoms with Crippen LogP contribution in [0.5, 0.6) is 0 Å². The summed E-state index contributed by atoms with van der Waals surface area (Å²) >= 11 is 0. The molecule has 0 radical (unpaired) electrons. The Balaban J connectivity index is 2.64. The second kappa shape index (κ2) is 5.38. The molecule has 1 nitrogen and oxygen atoms in total. The number of hydrogen-bond acceptors (Lipinski definition) is 1. The lowest BCUT2D eigenvalue weighted by molar-refractivity contribution is -0.120. The van der Waals surface area contributed by atoms with Crippen molar-refractivity contribution in [3.8, 4) is 0 Å². The SMILES string of the molecule is C=CC[C@H](Cc1ccccc1)C(C)=O. The molecular weight excluding hydrogens is 172 g/mol. The topological polar surface area (TPSA) is 17.1 Å². The van der Waals surface area contributed by atoms with Gasteiger partial charge in [0.05, 0.1) is 0 Å². The van der Waals surface area contributed by atoms with Crippen molar-refractivity contribution in [2.75, 3.05) is 0 Å². The van der Waals surface area contributed by atoms with Crippen molar-refractivity contribution in [2.45, 2.75) is 19.8 Å². The van der Waals surface area contributed by atoms with Gasteiger partial charge in [-0.2, -0.15) is 0 Å². The molecule has 1 heteroatoms. The third-order valence-corrected chi connectivity index (χ3v) is 2.35. The molecule has 0 unspecified atom stereocenters. The molecule has 0 aliphatic heterocycles. The van der Waals surface area contributed by atoms with Gasteiger partial charge in [-0.25, -0.2) is 0 Å². The minimum absolute atomic E-state index is 0.0925. The van der Waals surface area contributed by atoms with Crippen LogP contribution in [0.2, 0.25) is 0 Å². The Morgan fingerprint density at radius 1 is 1.43 bits per heavy atom. The quantitative estimate of drug-likeness (QED) is 0.649. The summed E-state index contributed by atoms with van der Waals surface area (Å²) < 4.78 is 0. The van der Waals surface area contributed by atoms with E-state index in [1.807, 2.05) is 24.3 Å². The molecule has 0 fully saturated rings. The molecule has 1 rings (SSSR count). The third-order valence-electron chi connectivity index (χ3n) is 2.35. The van der Waals surface area contributed by atoms with Crippen molar-refractivity contribution in [1.82, 2.24) is 0 Å². The van der Waals surface area contributed by atoms with E-state index in [-0.39, 0.29) is 11.7 Å². The van der Waals surface area contributed by atoms with Crippen molar-refractivity contribution in [1.29, 1.82) is 0 Å². The Labute approximate surface area is 85.5 Å². The molecule has 0 aromatic heterocycles. The zero-order chi connectivity index (χ0) is 10.4. The number of carbonyl (C=O) groups excluding carboxylic acids is 1. The average Bonchev–Trinajstić information content (AvgIpc) is 2.18. The highest BCUT2D eigenvalue weighted by Crippen LogP contribution is 2.13. The second-order valence-corrected chi connectivity index (χ2v) is 3.52. The van der Waals surface area contributed by atoms with E-state index in [1.54, 1.807) is 6.92 Å². The summed E-state index contributed by atoms with van der Waals surface area (Å²) in [5.74, 6) is 0.337. The van der Waals surface area contributed by atoms with Gasteiger partial charge in [-0.1, -0.05) is 36.4 Å². The van der Waals surface area contributed by atoms with Gasteiger partial charge >= 0.3 is 0 Å². The predicted octanol–water partition coefficient (Wildman–Crippen LogP) is 3.01. The highest BCUT2D eigenvalue weighted by molar-refractivity contribution is 5.78. The monoisotopic (exact) mass is 188 g/mol. The van der Waals surface area contributed by atoms with Crippen LogP contribution in [0, 0.1) is 5.92 Å². The third kappa shape index (κ3) is 3.17. The maximum absolute atomic E-state index is 11.3. The van der Waals surface area contributed by atoms with Crippen LogP contribution in [-0.2, 0) is 11.2 Å². The first-order chi connectivity index (χ1) is 6.74. The van der Waals surface area contributed by atoms with E-state index in [0.717, 1.165) is 12.8 Å². The van der Waals surface area contributed by atoms with E-state index in [4.69, 9.17) is 0 Å². The first-order valence-corrected chi connectivity index (χ1v) is 4.89. The van der Waals surface area contributed by atoms with Gasteiger partial charge in [0, 0.05) is 5.92 Å². The van der Waals surface area contributed by atoms with Gasteiger partial charge in [-0.05, 0) is 25.3 Å². The number of carbonyl (C=O) groups is 1. The smallest absolute Gasteiger partial charge is 0.133 e. The average molecular weight is 188 g/mol. The van der Waals surface area contributed by atoms with Crippen molar-refractivity contribution in [2.24, 2.45) is 5.92 Å². The summed E-state index contributed by atoms with van der Waals surface area (Å²) in [5.41, 5.74) is 1.22. The molecule has 0 aliphatic carbocycles. The molecule has 1 aromatic carbocycles. The molecule has 0 bridgehead atoms. The Bertz CT molecular complexity index is 300. The largest absolute Gasteiger partial charge is 0.300 e. The van der Waals surface area contributed by atoms with Crippen LogP contribution in [0.3, 0.4) is 0 Å². The summed E-state index contributed by atoms with van der Waals surface area (Å²) in [5, 5.41) is 0. The van der Waals surface area contributed by atoms with Crippen molar-refractivity contribution in [3.05, 3.63) is 48.6 Å². The highest BCUT2D eigenvalue weighted by Gasteiger charge is 2.12. The fourth-order valence-electron chi connectivity index (χ4n) is 1.49. The Hall–Kier alpha value is -1.37. The second-order valence-electron chi connectivity index (χ2n) is 3.52. The minimum atomic E-state index is 0.0925. The molecule has 1 aromatic rings. The van der Waals surface area contributed by atoms with Crippen LogP contribution in [-0.4, -0.2) is 5.78 Å². The van der Waals surface area contributed by atoms with Crippen LogP contribution in [0.4, 0.5) is 0 Å². The Morgan fingerprint density at radius 2 is 2.07 bits per heavy atom. The summed E-state index contributed by atoms with van der Waals surface area (Å²) in [4.78, 5) is 11.3. The van der Waals surface area contributed by atoms with E-state index < -0.39 is 0 Å². The Morgan fingerprint density at radius 3 is 2.57 bits per heavy atom. The molecule has 1 atom stereocenters.